The van der Waals surface area contributed by atoms with Gasteiger partial charge in [0.05, 0.1) is 19.8 Å². The lowest BCUT2D eigenvalue weighted by molar-refractivity contribution is 0.238. The van der Waals surface area contributed by atoms with Crippen LogP contribution in [-0.2, 0) is 4.74 Å². The van der Waals surface area contributed by atoms with E-state index in [4.69, 9.17) is 31.2 Å². The first-order valence-corrected chi connectivity index (χ1v) is 6.89. The van der Waals surface area contributed by atoms with Crippen molar-refractivity contribution in [1.82, 2.24) is 15.0 Å². The fourth-order valence-electron chi connectivity index (χ4n) is 2.12. The van der Waals surface area contributed by atoms with Gasteiger partial charge in [-0.05, 0) is 25.2 Å². The van der Waals surface area contributed by atoms with Gasteiger partial charge >= 0.3 is 18.0 Å². The predicted molar refractivity (Wildman–Crippen MR) is 80.6 cm³/mol. The van der Waals surface area contributed by atoms with Crippen LogP contribution in [0.2, 0.25) is 0 Å². The van der Waals surface area contributed by atoms with Gasteiger partial charge in [0.2, 0.25) is 0 Å². The van der Waals surface area contributed by atoms with E-state index in [-0.39, 0.29) is 24.1 Å². The predicted octanol–water partition coefficient (Wildman–Crippen LogP) is 2.45. The Bertz CT molecular complexity index is 716. The van der Waals surface area contributed by atoms with Gasteiger partial charge in [-0.3, -0.25) is 0 Å². The van der Waals surface area contributed by atoms with Crippen LogP contribution in [0.4, 0.5) is 0 Å². The lowest BCUT2D eigenvalue weighted by atomic mass is 10.1. The lowest BCUT2D eigenvalue weighted by Crippen LogP contribution is -2.03. The van der Waals surface area contributed by atoms with E-state index < -0.39 is 0 Å². The first-order valence-electron chi connectivity index (χ1n) is 6.48. The monoisotopic (exact) mass is 319 g/mol. The molecule has 0 aliphatic carbocycles. The van der Waals surface area contributed by atoms with Crippen molar-refractivity contribution in [3.05, 3.63) is 29.3 Å². The number of hydrogen-bond donors (Lipinski definition) is 0. The normalized spacial score (nSPS) is 16.0. The van der Waals surface area contributed by atoms with Crippen LogP contribution < -0.4 is 14.2 Å². The standard InChI is InChI=1S/C14H13N3O4S/c1-7-8-5-4-6-9(10(8)11(22)20-7)21-14-16-12(18-2)15-13(17-14)19-3/h4-7H,1-3H3. The highest BCUT2D eigenvalue weighted by Gasteiger charge is 2.28. The van der Waals surface area contributed by atoms with Gasteiger partial charge in [-0.1, -0.05) is 12.1 Å². The van der Waals surface area contributed by atoms with E-state index in [1.807, 2.05) is 19.1 Å². The van der Waals surface area contributed by atoms with Crippen LogP contribution in [0.1, 0.15) is 24.2 Å². The molecule has 0 saturated carbocycles. The molecule has 1 aromatic heterocycles. The zero-order chi connectivity index (χ0) is 15.7. The van der Waals surface area contributed by atoms with Gasteiger partial charge in [-0.25, -0.2) is 0 Å². The van der Waals surface area contributed by atoms with Gasteiger partial charge in [0.25, 0.3) is 0 Å². The van der Waals surface area contributed by atoms with E-state index >= 15 is 0 Å². The first-order chi connectivity index (χ1) is 10.6. The molecule has 0 amide bonds. The Labute approximate surface area is 132 Å². The van der Waals surface area contributed by atoms with E-state index in [9.17, 15) is 0 Å². The quantitative estimate of drug-likeness (QED) is 0.796. The second-order valence-corrected chi connectivity index (χ2v) is 4.83. The van der Waals surface area contributed by atoms with Crippen molar-refractivity contribution in [2.45, 2.75) is 13.0 Å². The summed E-state index contributed by atoms with van der Waals surface area (Å²) in [5.74, 6) is 0.516. The summed E-state index contributed by atoms with van der Waals surface area (Å²) in [5, 5.41) is 0.395. The lowest BCUT2D eigenvalue weighted by Gasteiger charge is -2.09. The maximum absolute atomic E-state index is 5.74. The molecular formula is C14H13N3O4S. The summed E-state index contributed by atoms with van der Waals surface area (Å²) in [6.45, 7) is 1.93. The van der Waals surface area contributed by atoms with Crippen molar-refractivity contribution in [2.75, 3.05) is 14.2 Å². The molecule has 7 nitrogen and oxygen atoms in total. The number of ether oxygens (including phenoxy) is 4. The molecule has 2 heterocycles. The Balaban J connectivity index is 2.00. The summed E-state index contributed by atoms with van der Waals surface area (Å²) >= 11 is 5.25. The van der Waals surface area contributed by atoms with Gasteiger partial charge < -0.3 is 18.9 Å². The number of methoxy groups -OCH3 is 2. The first kappa shape index (κ1) is 14.5. The van der Waals surface area contributed by atoms with Crippen LogP contribution >= 0.6 is 12.2 Å². The molecule has 1 aromatic carbocycles. The molecule has 2 aromatic rings. The Morgan fingerprint density at radius 3 is 2.32 bits per heavy atom. The average Bonchev–Trinajstić information content (AvgIpc) is 2.82. The number of thiocarbonyl (C=S) groups is 1. The van der Waals surface area contributed by atoms with E-state index in [2.05, 4.69) is 15.0 Å². The highest BCUT2D eigenvalue weighted by atomic mass is 32.1. The number of aromatic nitrogens is 3. The van der Waals surface area contributed by atoms with E-state index in [1.54, 1.807) is 6.07 Å². The topological polar surface area (TPSA) is 75.6 Å². The van der Waals surface area contributed by atoms with Gasteiger partial charge in [0.1, 0.15) is 11.9 Å². The molecule has 0 spiro atoms. The minimum atomic E-state index is -0.103. The Morgan fingerprint density at radius 2 is 1.68 bits per heavy atom. The fraction of sp³-hybridized carbons (Fsp3) is 0.286. The van der Waals surface area contributed by atoms with Crippen LogP contribution in [0.15, 0.2) is 18.2 Å². The largest absolute Gasteiger partial charge is 0.475 e. The summed E-state index contributed by atoms with van der Waals surface area (Å²) < 4.78 is 21.3. The summed E-state index contributed by atoms with van der Waals surface area (Å²) in [7, 11) is 2.90. The summed E-state index contributed by atoms with van der Waals surface area (Å²) in [6.07, 6.45) is -0.103. The molecule has 0 N–H and O–H groups in total. The molecular weight excluding hydrogens is 306 g/mol. The molecule has 0 radical (unpaired) electrons. The van der Waals surface area contributed by atoms with Gasteiger partial charge in [0, 0.05) is 5.56 Å². The summed E-state index contributed by atoms with van der Waals surface area (Å²) in [6, 6.07) is 5.83. The maximum Gasteiger partial charge on any atom is 0.331 e. The minimum Gasteiger partial charge on any atom is -0.475 e. The highest BCUT2D eigenvalue weighted by Crippen LogP contribution is 2.38. The van der Waals surface area contributed by atoms with Crippen LogP contribution in [0.3, 0.4) is 0 Å². The number of benzene rings is 1. The Hall–Kier alpha value is -2.48. The van der Waals surface area contributed by atoms with E-state index in [0.717, 1.165) is 11.1 Å². The average molecular weight is 319 g/mol. The van der Waals surface area contributed by atoms with E-state index in [1.165, 1.54) is 14.2 Å². The number of hydrogen-bond acceptors (Lipinski definition) is 8. The second kappa shape index (κ2) is 5.72. The molecule has 0 saturated heterocycles. The minimum absolute atomic E-state index is 0.0550. The van der Waals surface area contributed by atoms with Crippen molar-refractivity contribution in [3.63, 3.8) is 0 Å². The molecule has 1 unspecified atom stereocenters. The fourth-order valence-corrected chi connectivity index (χ4v) is 2.48. The van der Waals surface area contributed by atoms with Crippen LogP contribution in [0.25, 0.3) is 0 Å². The molecule has 1 aliphatic rings. The van der Waals surface area contributed by atoms with Crippen molar-refractivity contribution < 1.29 is 18.9 Å². The molecule has 0 bridgehead atoms. The van der Waals surface area contributed by atoms with Crippen molar-refractivity contribution >= 4 is 17.3 Å². The SMILES string of the molecule is COc1nc(OC)nc(Oc2cccc3c2C(=S)OC3C)n1. The maximum atomic E-state index is 5.74. The third-order valence-corrected chi connectivity index (χ3v) is 3.42. The Kier molecular flexibility index (Phi) is 3.76. The number of rotatable bonds is 4. The zero-order valence-electron chi connectivity index (χ0n) is 12.2. The molecule has 1 atom stereocenters. The number of nitrogens with zero attached hydrogens (tertiary/aromatic N) is 3. The zero-order valence-corrected chi connectivity index (χ0v) is 13.0. The highest BCUT2D eigenvalue weighted by molar-refractivity contribution is 7.80. The van der Waals surface area contributed by atoms with Crippen LogP contribution in [0, 0.1) is 0 Å². The molecule has 3 rings (SSSR count). The van der Waals surface area contributed by atoms with Crippen molar-refractivity contribution in [2.24, 2.45) is 0 Å². The van der Waals surface area contributed by atoms with Gasteiger partial charge in [-0.15, -0.1) is 15.0 Å². The molecule has 8 heteroatoms. The molecule has 22 heavy (non-hydrogen) atoms. The van der Waals surface area contributed by atoms with Crippen LogP contribution in [0.5, 0.6) is 23.8 Å². The van der Waals surface area contributed by atoms with Crippen molar-refractivity contribution in [3.8, 4) is 23.8 Å². The summed E-state index contributed by atoms with van der Waals surface area (Å²) in [5.41, 5.74) is 1.71. The number of fused-ring (bicyclic) bond motifs is 1. The van der Waals surface area contributed by atoms with E-state index in [0.29, 0.717) is 10.8 Å². The molecule has 0 fully saturated rings. The summed E-state index contributed by atoms with van der Waals surface area (Å²) in [4.78, 5) is 12.0. The smallest absolute Gasteiger partial charge is 0.331 e. The van der Waals surface area contributed by atoms with Gasteiger partial charge in [-0.2, -0.15) is 0 Å². The third-order valence-electron chi connectivity index (χ3n) is 3.12. The van der Waals surface area contributed by atoms with Gasteiger partial charge in [0.15, 0.2) is 5.05 Å². The molecule has 1 aliphatic heterocycles. The van der Waals surface area contributed by atoms with Crippen molar-refractivity contribution in [1.29, 1.82) is 0 Å². The Morgan fingerprint density at radius 1 is 1.05 bits per heavy atom. The molecule has 114 valence electrons. The third kappa shape index (κ3) is 2.52. The van der Waals surface area contributed by atoms with Crippen LogP contribution in [-0.4, -0.2) is 34.2 Å². The second-order valence-electron chi connectivity index (χ2n) is 4.46.